The number of carbonyl (C=O) groups is 1. The molecule has 1 aliphatic rings. The van der Waals surface area contributed by atoms with Crippen molar-refractivity contribution >= 4 is 11.5 Å². The number of nitriles is 1. The highest BCUT2D eigenvalue weighted by Gasteiger charge is 2.32. The monoisotopic (exact) mass is 309 g/mol. The van der Waals surface area contributed by atoms with Gasteiger partial charge in [-0.15, -0.1) is 0 Å². The van der Waals surface area contributed by atoms with Gasteiger partial charge in [0.25, 0.3) is 0 Å². The van der Waals surface area contributed by atoms with E-state index in [-0.39, 0.29) is 11.4 Å². The van der Waals surface area contributed by atoms with Crippen LogP contribution < -0.4 is 0 Å². The van der Waals surface area contributed by atoms with Gasteiger partial charge in [-0.1, -0.05) is 42.8 Å². The van der Waals surface area contributed by atoms with Crippen molar-refractivity contribution in [3.63, 3.8) is 0 Å². The maximum absolute atomic E-state index is 11.6. The molecule has 0 bridgehead atoms. The van der Waals surface area contributed by atoms with Crippen LogP contribution in [0.5, 0.6) is 0 Å². The summed E-state index contributed by atoms with van der Waals surface area (Å²) in [5, 5.41) is 9.03. The number of allylic oxidation sites excluding steroid dienone is 3. The predicted octanol–water partition coefficient (Wildman–Crippen LogP) is 4.66. The maximum atomic E-state index is 11.6. The molecule has 1 unspecified atom stereocenters. The van der Waals surface area contributed by atoms with Crippen LogP contribution >= 0.6 is 0 Å². The molecule has 1 aliphatic carbocycles. The Morgan fingerprint density at radius 3 is 2.74 bits per heavy atom. The summed E-state index contributed by atoms with van der Waals surface area (Å²) in [6, 6.07) is 12.4. The molecule has 0 heterocycles. The Hall–Kier alpha value is -2.34. The SMILES string of the molecule is CCOC(=O)/C=C/C(=C1/CCC(C)(CC#N)C1)c1ccccc1. The molecular weight excluding hydrogens is 286 g/mol. The molecular formula is C20H23NO2. The molecule has 1 fully saturated rings. The fraction of sp³-hybridized carbons (Fsp3) is 0.400. The maximum Gasteiger partial charge on any atom is 0.330 e. The lowest BCUT2D eigenvalue weighted by Gasteiger charge is -2.18. The van der Waals surface area contributed by atoms with E-state index < -0.39 is 0 Å². The van der Waals surface area contributed by atoms with Crippen molar-refractivity contribution < 1.29 is 9.53 Å². The number of benzene rings is 1. The average molecular weight is 309 g/mol. The first-order chi connectivity index (χ1) is 11.1. The van der Waals surface area contributed by atoms with Crippen molar-refractivity contribution in [3.8, 4) is 6.07 Å². The number of hydrogen-bond donors (Lipinski definition) is 0. The van der Waals surface area contributed by atoms with Crippen LogP contribution in [-0.2, 0) is 9.53 Å². The largest absolute Gasteiger partial charge is 0.463 e. The Bertz CT molecular complexity index is 652. The van der Waals surface area contributed by atoms with Crippen molar-refractivity contribution in [2.75, 3.05) is 6.61 Å². The first kappa shape index (κ1) is 17.0. The van der Waals surface area contributed by atoms with E-state index in [1.807, 2.05) is 24.3 Å². The van der Waals surface area contributed by atoms with Gasteiger partial charge in [0.1, 0.15) is 0 Å². The van der Waals surface area contributed by atoms with Gasteiger partial charge in [0.15, 0.2) is 0 Å². The molecule has 2 rings (SSSR count). The second kappa shape index (κ2) is 7.78. The van der Waals surface area contributed by atoms with Gasteiger partial charge in [-0.2, -0.15) is 5.26 Å². The Balaban J connectivity index is 2.33. The van der Waals surface area contributed by atoms with Crippen LogP contribution in [0, 0.1) is 16.7 Å². The molecule has 1 atom stereocenters. The second-order valence-electron chi connectivity index (χ2n) is 6.29. The Morgan fingerprint density at radius 1 is 1.35 bits per heavy atom. The number of nitrogens with zero attached hydrogens (tertiary/aromatic N) is 1. The van der Waals surface area contributed by atoms with E-state index in [2.05, 4.69) is 25.1 Å². The van der Waals surface area contributed by atoms with Crippen LogP contribution in [0.25, 0.3) is 5.57 Å². The van der Waals surface area contributed by atoms with Crippen molar-refractivity contribution in [2.45, 2.75) is 39.5 Å². The smallest absolute Gasteiger partial charge is 0.330 e. The minimum absolute atomic E-state index is 0.0435. The van der Waals surface area contributed by atoms with Gasteiger partial charge in [0, 0.05) is 12.5 Å². The summed E-state index contributed by atoms with van der Waals surface area (Å²) in [7, 11) is 0. The highest BCUT2D eigenvalue weighted by atomic mass is 16.5. The lowest BCUT2D eigenvalue weighted by molar-refractivity contribution is -0.137. The molecule has 0 radical (unpaired) electrons. The normalized spacial score (nSPS) is 22.8. The fourth-order valence-electron chi connectivity index (χ4n) is 3.09. The summed E-state index contributed by atoms with van der Waals surface area (Å²) in [5.74, 6) is -0.320. The molecule has 3 heteroatoms. The predicted molar refractivity (Wildman–Crippen MR) is 91.3 cm³/mol. The first-order valence-corrected chi connectivity index (χ1v) is 8.07. The molecule has 1 saturated carbocycles. The first-order valence-electron chi connectivity index (χ1n) is 8.07. The van der Waals surface area contributed by atoms with E-state index in [1.54, 1.807) is 6.92 Å². The van der Waals surface area contributed by atoms with Crippen LogP contribution in [0.2, 0.25) is 0 Å². The van der Waals surface area contributed by atoms with Crippen molar-refractivity contribution in [2.24, 2.45) is 5.41 Å². The lowest BCUT2D eigenvalue weighted by atomic mass is 9.85. The molecule has 0 aromatic heterocycles. The third kappa shape index (κ3) is 4.56. The van der Waals surface area contributed by atoms with Crippen LogP contribution in [0.3, 0.4) is 0 Å². The molecule has 1 aromatic rings. The standard InChI is InChI=1S/C20H23NO2/c1-3-23-19(22)10-9-18(16-7-5-4-6-8-16)17-11-12-20(2,15-17)13-14-21/h4-10H,3,11-13,15H2,1-2H3/b10-9+,18-17+. The molecule has 23 heavy (non-hydrogen) atoms. The molecule has 0 spiro atoms. The zero-order chi connectivity index (χ0) is 16.7. The zero-order valence-corrected chi connectivity index (χ0v) is 13.8. The summed E-state index contributed by atoms with van der Waals surface area (Å²) in [5.41, 5.74) is 3.54. The highest BCUT2D eigenvalue weighted by Crippen LogP contribution is 2.46. The van der Waals surface area contributed by atoms with Crippen LogP contribution in [0.15, 0.2) is 48.1 Å². The average Bonchev–Trinajstić information content (AvgIpc) is 2.91. The number of carbonyl (C=O) groups excluding carboxylic acids is 1. The molecule has 1 aromatic carbocycles. The van der Waals surface area contributed by atoms with E-state index in [0.29, 0.717) is 13.0 Å². The topological polar surface area (TPSA) is 50.1 Å². The summed E-state index contributed by atoms with van der Waals surface area (Å²) in [4.78, 5) is 11.6. The molecule has 0 N–H and O–H groups in total. The summed E-state index contributed by atoms with van der Waals surface area (Å²) in [6.07, 6.45) is 6.81. The molecule has 0 saturated heterocycles. The molecule has 0 amide bonds. The van der Waals surface area contributed by atoms with Crippen molar-refractivity contribution in [1.82, 2.24) is 0 Å². The number of ether oxygens (including phenoxy) is 1. The van der Waals surface area contributed by atoms with Gasteiger partial charge >= 0.3 is 5.97 Å². The number of hydrogen-bond acceptors (Lipinski definition) is 3. The molecule has 3 nitrogen and oxygen atoms in total. The van der Waals surface area contributed by atoms with Gasteiger partial charge in [-0.3, -0.25) is 0 Å². The molecule has 0 aliphatic heterocycles. The summed E-state index contributed by atoms with van der Waals surface area (Å²) >= 11 is 0. The third-order valence-electron chi connectivity index (χ3n) is 4.31. The van der Waals surface area contributed by atoms with E-state index in [9.17, 15) is 4.79 Å². The summed E-state index contributed by atoms with van der Waals surface area (Å²) < 4.78 is 4.98. The minimum Gasteiger partial charge on any atom is -0.463 e. The number of rotatable bonds is 5. The van der Waals surface area contributed by atoms with Crippen LogP contribution in [0.1, 0.15) is 45.1 Å². The third-order valence-corrected chi connectivity index (χ3v) is 4.31. The highest BCUT2D eigenvalue weighted by molar-refractivity contribution is 5.88. The van der Waals surface area contributed by atoms with E-state index >= 15 is 0 Å². The second-order valence-corrected chi connectivity index (χ2v) is 6.29. The van der Waals surface area contributed by atoms with Gasteiger partial charge < -0.3 is 4.74 Å². The number of esters is 1. The Morgan fingerprint density at radius 2 is 2.09 bits per heavy atom. The lowest BCUT2D eigenvalue weighted by Crippen LogP contribution is -2.09. The minimum atomic E-state index is -0.320. The van der Waals surface area contributed by atoms with E-state index in [0.717, 1.165) is 30.4 Å². The fourth-order valence-corrected chi connectivity index (χ4v) is 3.09. The van der Waals surface area contributed by atoms with Crippen LogP contribution in [0.4, 0.5) is 0 Å². The summed E-state index contributed by atoms with van der Waals surface area (Å²) in [6.45, 7) is 4.34. The van der Waals surface area contributed by atoms with Gasteiger partial charge in [0.2, 0.25) is 0 Å². The Labute approximate surface area is 138 Å². The van der Waals surface area contributed by atoms with Gasteiger partial charge in [-0.05, 0) is 48.8 Å². The van der Waals surface area contributed by atoms with Gasteiger partial charge in [-0.25, -0.2) is 4.79 Å². The van der Waals surface area contributed by atoms with Gasteiger partial charge in [0.05, 0.1) is 12.7 Å². The molecule has 120 valence electrons. The van der Waals surface area contributed by atoms with E-state index in [4.69, 9.17) is 10.00 Å². The van der Waals surface area contributed by atoms with E-state index in [1.165, 1.54) is 11.6 Å². The zero-order valence-electron chi connectivity index (χ0n) is 13.8. The van der Waals surface area contributed by atoms with Crippen molar-refractivity contribution in [1.29, 1.82) is 5.26 Å². The Kier molecular flexibility index (Phi) is 5.76. The van der Waals surface area contributed by atoms with Crippen LogP contribution in [-0.4, -0.2) is 12.6 Å². The quantitative estimate of drug-likeness (QED) is 0.587. The van der Waals surface area contributed by atoms with Crippen molar-refractivity contribution in [3.05, 3.63) is 53.6 Å².